The average Bonchev–Trinajstić information content (AvgIpc) is 2.88. The normalized spacial score (nSPS) is 10.8. The molecule has 0 bridgehead atoms. The first kappa shape index (κ1) is 22.0. The molecule has 35 heavy (non-hydrogen) atoms. The van der Waals surface area contributed by atoms with Gasteiger partial charge < -0.3 is 10.1 Å². The van der Waals surface area contributed by atoms with Crippen LogP contribution < -0.4 is 15.6 Å². The highest BCUT2D eigenvalue weighted by atomic mass is 16.5. The third-order valence-electron chi connectivity index (χ3n) is 5.46. The molecule has 0 unspecified atom stereocenters. The Hall–Kier alpha value is -4.85. The van der Waals surface area contributed by atoms with Gasteiger partial charge in [0.2, 0.25) is 0 Å². The molecule has 0 atom stereocenters. The van der Waals surface area contributed by atoms with Crippen molar-refractivity contribution in [3.63, 3.8) is 0 Å². The number of ether oxygens (including phenoxy) is 1. The van der Waals surface area contributed by atoms with E-state index in [0.717, 1.165) is 11.1 Å². The molecule has 0 saturated carbocycles. The zero-order valence-corrected chi connectivity index (χ0v) is 18.9. The maximum atomic E-state index is 13.3. The zero-order chi connectivity index (χ0) is 24.2. The standard InChI is InChI=1S/C27H21N5O3/c1-18-16-20(35-27-28-14-7-15-29-27)12-13-23(18)30-25(33)24-21-10-5-6-11-22(21)26(34)32(31-24)17-19-8-3-2-4-9-19/h2-16H,17H2,1H3,(H,30,33). The molecule has 0 aliphatic heterocycles. The Labute approximate surface area is 200 Å². The summed E-state index contributed by atoms with van der Waals surface area (Å²) >= 11 is 0. The number of benzene rings is 3. The lowest BCUT2D eigenvalue weighted by atomic mass is 10.1. The van der Waals surface area contributed by atoms with Crippen LogP contribution in [0.4, 0.5) is 5.69 Å². The quantitative estimate of drug-likeness (QED) is 0.396. The van der Waals surface area contributed by atoms with Crippen molar-refractivity contribution < 1.29 is 9.53 Å². The maximum absolute atomic E-state index is 13.3. The number of hydrogen-bond donors (Lipinski definition) is 1. The van der Waals surface area contributed by atoms with E-state index in [9.17, 15) is 9.59 Å². The fourth-order valence-corrected chi connectivity index (χ4v) is 3.73. The number of rotatable bonds is 6. The molecule has 8 nitrogen and oxygen atoms in total. The third kappa shape index (κ3) is 4.77. The minimum Gasteiger partial charge on any atom is -0.424 e. The molecule has 2 heterocycles. The molecule has 0 aliphatic rings. The maximum Gasteiger partial charge on any atom is 0.321 e. The fraction of sp³-hybridized carbons (Fsp3) is 0.0741. The predicted octanol–water partition coefficient (Wildman–Crippen LogP) is 4.59. The van der Waals surface area contributed by atoms with Crippen LogP contribution in [0.2, 0.25) is 0 Å². The van der Waals surface area contributed by atoms with Crippen molar-refractivity contribution in [1.29, 1.82) is 0 Å². The smallest absolute Gasteiger partial charge is 0.321 e. The fourth-order valence-electron chi connectivity index (χ4n) is 3.73. The molecule has 0 spiro atoms. The average molecular weight is 463 g/mol. The second kappa shape index (κ2) is 9.56. The molecule has 5 rings (SSSR count). The summed E-state index contributed by atoms with van der Waals surface area (Å²) in [5.74, 6) is 0.137. The number of carbonyl (C=O) groups is 1. The molecule has 5 aromatic rings. The number of amides is 1. The van der Waals surface area contributed by atoms with Gasteiger partial charge in [-0.05, 0) is 48.4 Å². The molecule has 8 heteroatoms. The molecule has 172 valence electrons. The van der Waals surface area contributed by atoms with E-state index < -0.39 is 5.91 Å². The summed E-state index contributed by atoms with van der Waals surface area (Å²) in [5, 5.41) is 8.30. The first-order chi connectivity index (χ1) is 17.1. The van der Waals surface area contributed by atoms with E-state index >= 15 is 0 Å². The summed E-state index contributed by atoms with van der Waals surface area (Å²) in [7, 11) is 0. The van der Waals surface area contributed by atoms with E-state index in [4.69, 9.17) is 4.74 Å². The number of nitrogens with one attached hydrogen (secondary N) is 1. The molecule has 0 saturated heterocycles. The van der Waals surface area contributed by atoms with Crippen molar-refractivity contribution in [2.24, 2.45) is 0 Å². The van der Waals surface area contributed by atoms with Gasteiger partial charge in [0.05, 0.1) is 11.9 Å². The van der Waals surface area contributed by atoms with Gasteiger partial charge in [-0.2, -0.15) is 5.10 Å². The Kier molecular flexibility index (Phi) is 6.00. The number of hydrogen-bond acceptors (Lipinski definition) is 6. The van der Waals surface area contributed by atoms with Gasteiger partial charge in [-0.1, -0.05) is 48.5 Å². The third-order valence-corrected chi connectivity index (χ3v) is 5.46. The van der Waals surface area contributed by atoms with Crippen LogP contribution in [0, 0.1) is 6.92 Å². The van der Waals surface area contributed by atoms with Crippen LogP contribution in [0.25, 0.3) is 10.8 Å². The van der Waals surface area contributed by atoms with Gasteiger partial charge in [0.1, 0.15) is 5.75 Å². The van der Waals surface area contributed by atoms with E-state index in [1.54, 1.807) is 60.9 Å². The second-order valence-corrected chi connectivity index (χ2v) is 7.91. The highest BCUT2D eigenvalue weighted by molar-refractivity contribution is 6.11. The molecular formula is C27H21N5O3. The van der Waals surface area contributed by atoms with E-state index in [1.807, 2.05) is 37.3 Å². The Morgan fingerprint density at radius 2 is 1.63 bits per heavy atom. The summed E-state index contributed by atoms with van der Waals surface area (Å²) in [5.41, 5.74) is 2.23. The minimum atomic E-state index is -0.411. The van der Waals surface area contributed by atoms with Crippen molar-refractivity contribution in [2.45, 2.75) is 13.5 Å². The van der Waals surface area contributed by atoms with Crippen molar-refractivity contribution in [3.05, 3.63) is 118 Å². The highest BCUT2D eigenvalue weighted by Gasteiger charge is 2.18. The zero-order valence-electron chi connectivity index (χ0n) is 18.9. The molecular weight excluding hydrogens is 442 g/mol. The molecule has 0 aliphatic carbocycles. The van der Waals surface area contributed by atoms with E-state index in [0.29, 0.717) is 22.2 Å². The minimum absolute atomic E-state index is 0.175. The first-order valence-electron chi connectivity index (χ1n) is 11.0. The summed E-state index contributed by atoms with van der Waals surface area (Å²) in [6, 6.07) is 23.7. The lowest BCUT2D eigenvalue weighted by Gasteiger charge is -2.13. The van der Waals surface area contributed by atoms with Gasteiger partial charge in [-0.3, -0.25) is 9.59 Å². The van der Waals surface area contributed by atoms with Crippen molar-refractivity contribution >= 4 is 22.4 Å². The van der Waals surface area contributed by atoms with E-state index in [2.05, 4.69) is 20.4 Å². The van der Waals surface area contributed by atoms with Gasteiger partial charge in [-0.25, -0.2) is 14.6 Å². The number of carbonyl (C=O) groups excluding carboxylic acids is 1. The molecule has 2 aromatic heterocycles. The van der Waals surface area contributed by atoms with Gasteiger partial charge in [0.15, 0.2) is 5.69 Å². The summed E-state index contributed by atoms with van der Waals surface area (Å²) in [6.45, 7) is 2.12. The molecule has 0 fully saturated rings. The lowest BCUT2D eigenvalue weighted by molar-refractivity contribution is 0.102. The van der Waals surface area contributed by atoms with E-state index in [1.165, 1.54) is 4.68 Å². The van der Waals surface area contributed by atoms with Gasteiger partial charge >= 0.3 is 6.01 Å². The van der Waals surface area contributed by atoms with E-state index in [-0.39, 0.29) is 23.8 Å². The second-order valence-electron chi connectivity index (χ2n) is 7.91. The van der Waals surface area contributed by atoms with Gasteiger partial charge in [-0.15, -0.1) is 0 Å². The number of fused-ring (bicyclic) bond motifs is 1. The van der Waals surface area contributed by atoms with Crippen LogP contribution >= 0.6 is 0 Å². The van der Waals surface area contributed by atoms with Crippen LogP contribution in [0.3, 0.4) is 0 Å². The summed E-state index contributed by atoms with van der Waals surface area (Å²) < 4.78 is 6.99. The largest absolute Gasteiger partial charge is 0.424 e. The van der Waals surface area contributed by atoms with Crippen LogP contribution in [-0.2, 0) is 6.54 Å². The Morgan fingerprint density at radius 3 is 2.37 bits per heavy atom. The van der Waals surface area contributed by atoms with Gasteiger partial charge in [0, 0.05) is 23.5 Å². The monoisotopic (exact) mass is 463 g/mol. The van der Waals surface area contributed by atoms with Crippen molar-refractivity contribution in [2.75, 3.05) is 5.32 Å². The Bertz CT molecular complexity index is 1570. The SMILES string of the molecule is Cc1cc(Oc2ncccn2)ccc1NC(=O)c1nn(Cc2ccccc2)c(=O)c2ccccc12. The molecule has 1 N–H and O–H groups in total. The molecule has 0 radical (unpaired) electrons. The van der Waals surface area contributed by atoms with Crippen LogP contribution in [0.1, 0.15) is 21.6 Å². The lowest BCUT2D eigenvalue weighted by Crippen LogP contribution is -2.28. The van der Waals surface area contributed by atoms with Crippen molar-refractivity contribution in [3.8, 4) is 11.8 Å². The Morgan fingerprint density at radius 1 is 0.914 bits per heavy atom. The van der Waals surface area contributed by atoms with Crippen LogP contribution in [0.5, 0.6) is 11.8 Å². The molecule has 3 aromatic carbocycles. The molecule has 1 amide bonds. The summed E-state index contributed by atoms with van der Waals surface area (Å²) in [6.07, 6.45) is 3.19. The number of anilines is 1. The predicted molar refractivity (Wildman–Crippen MR) is 133 cm³/mol. The number of aromatic nitrogens is 4. The number of nitrogens with zero attached hydrogens (tertiary/aromatic N) is 4. The number of aryl methyl sites for hydroxylation is 1. The topological polar surface area (TPSA) is 99.0 Å². The van der Waals surface area contributed by atoms with Crippen LogP contribution in [-0.4, -0.2) is 25.7 Å². The van der Waals surface area contributed by atoms with Gasteiger partial charge in [0.25, 0.3) is 11.5 Å². The highest BCUT2D eigenvalue weighted by Crippen LogP contribution is 2.25. The van der Waals surface area contributed by atoms with Crippen LogP contribution in [0.15, 0.2) is 96.1 Å². The summed E-state index contributed by atoms with van der Waals surface area (Å²) in [4.78, 5) is 34.5. The van der Waals surface area contributed by atoms with Crippen molar-refractivity contribution in [1.82, 2.24) is 19.7 Å². The Balaban J connectivity index is 1.45. The first-order valence-corrected chi connectivity index (χ1v) is 11.0.